The third-order valence-corrected chi connectivity index (χ3v) is 7.62. The Labute approximate surface area is 244 Å². The maximum Gasteiger partial charge on any atom is 2.00 e. The zero-order valence-corrected chi connectivity index (χ0v) is 23.6. The largest absolute Gasteiger partial charge is 2.00 e. The fraction of sp³-hybridized carbons (Fsp3) is 0. The molecule has 0 saturated carbocycles. The summed E-state index contributed by atoms with van der Waals surface area (Å²) in [5, 5.41) is 2.33. The Bertz CT molecular complexity index is 1890. The number of pyridine rings is 3. The van der Waals surface area contributed by atoms with Crippen LogP contribution >= 0.6 is 11.3 Å². The fourth-order valence-corrected chi connectivity index (χ4v) is 5.85. The van der Waals surface area contributed by atoms with Crippen molar-refractivity contribution in [1.82, 2.24) is 15.0 Å². The molecule has 4 heterocycles. The van der Waals surface area contributed by atoms with Gasteiger partial charge >= 0.3 is 21.1 Å². The Balaban J connectivity index is 0.00000277. The van der Waals surface area contributed by atoms with Gasteiger partial charge in [-0.2, -0.15) is 11.3 Å². The van der Waals surface area contributed by atoms with Crippen LogP contribution in [0.5, 0.6) is 0 Å². The molecule has 0 atom stereocenters. The van der Waals surface area contributed by atoms with Gasteiger partial charge in [-0.25, -0.2) is 0 Å². The fourth-order valence-electron chi connectivity index (χ4n) is 4.67. The minimum atomic E-state index is 0. The molecule has 0 amide bonds. The van der Waals surface area contributed by atoms with Crippen LogP contribution in [-0.2, 0) is 21.1 Å². The number of anilines is 3. The molecule has 0 aliphatic rings. The van der Waals surface area contributed by atoms with E-state index in [0.717, 1.165) is 49.9 Å². The first kappa shape index (κ1) is 25.1. The molecule has 0 spiro atoms. The Morgan fingerprint density at radius 2 is 1.41 bits per heavy atom. The number of benzene rings is 3. The van der Waals surface area contributed by atoms with Crippen molar-refractivity contribution >= 4 is 48.8 Å². The number of fused-ring (bicyclic) bond motifs is 3. The zero-order chi connectivity index (χ0) is 25.3. The quantitative estimate of drug-likeness (QED) is 0.169. The molecular formula is C33H20N4PtS. The van der Waals surface area contributed by atoms with Gasteiger partial charge in [0.25, 0.3) is 0 Å². The number of thiophene rings is 1. The molecular weight excluding hydrogens is 680 g/mol. The van der Waals surface area contributed by atoms with Crippen LogP contribution in [0.1, 0.15) is 0 Å². The molecule has 4 nitrogen and oxygen atoms in total. The van der Waals surface area contributed by atoms with Crippen LogP contribution in [0.4, 0.5) is 17.3 Å². The van der Waals surface area contributed by atoms with Gasteiger partial charge in [-0.3, -0.25) is 19.9 Å². The zero-order valence-electron chi connectivity index (χ0n) is 20.6. The van der Waals surface area contributed by atoms with Crippen LogP contribution in [0, 0.1) is 12.1 Å². The van der Waals surface area contributed by atoms with Crippen molar-refractivity contribution < 1.29 is 21.1 Å². The predicted octanol–water partition coefficient (Wildman–Crippen LogP) is 8.64. The van der Waals surface area contributed by atoms with Crippen molar-refractivity contribution in [2.45, 2.75) is 0 Å². The van der Waals surface area contributed by atoms with Crippen molar-refractivity contribution in [3.63, 3.8) is 0 Å². The van der Waals surface area contributed by atoms with Crippen LogP contribution in [0.3, 0.4) is 0 Å². The average Bonchev–Trinajstić information content (AvgIpc) is 3.38. The van der Waals surface area contributed by atoms with Crippen molar-refractivity contribution in [1.29, 1.82) is 0 Å². The minimum absolute atomic E-state index is 0. The van der Waals surface area contributed by atoms with Crippen LogP contribution in [0.25, 0.3) is 42.7 Å². The summed E-state index contributed by atoms with van der Waals surface area (Å²) in [6.07, 6.45) is 3.77. The molecule has 0 aliphatic heterocycles. The molecule has 7 rings (SSSR count). The summed E-state index contributed by atoms with van der Waals surface area (Å²) in [6.45, 7) is 0. The number of aromatic nitrogens is 3. The Kier molecular flexibility index (Phi) is 7.02. The molecule has 0 unspecified atom stereocenters. The third-order valence-electron chi connectivity index (χ3n) is 6.42. The van der Waals surface area contributed by atoms with E-state index in [2.05, 4.69) is 46.3 Å². The first-order chi connectivity index (χ1) is 18.8. The summed E-state index contributed by atoms with van der Waals surface area (Å²) in [7, 11) is 0. The van der Waals surface area contributed by atoms with Crippen LogP contribution in [-0.4, -0.2) is 15.0 Å². The van der Waals surface area contributed by atoms with E-state index < -0.39 is 0 Å². The van der Waals surface area contributed by atoms with Gasteiger partial charge in [-0.15, -0.1) is 59.7 Å². The molecule has 6 heteroatoms. The van der Waals surface area contributed by atoms with Crippen molar-refractivity contribution in [3.8, 4) is 22.5 Å². The standard InChI is InChI=1S/C33H20N4S.Pt/c1-3-10-23(11-4-1)28-16-8-18-31(35-28)37(24-12-5-2-6-13-24)32-19-9-17-29(36-32)26-15-7-14-25-27-22-34-21-20-30(27)38-33(25)26;/h1-10,12-14,16-22H;/q-2;+2. The molecule has 0 saturated heterocycles. The molecule has 0 radical (unpaired) electrons. The second-order valence-corrected chi connectivity index (χ2v) is 9.83. The molecule has 0 N–H and O–H groups in total. The van der Waals surface area contributed by atoms with E-state index in [1.54, 1.807) is 11.3 Å². The Hall–Kier alpha value is -4.18. The number of para-hydroxylation sites is 1. The van der Waals surface area contributed by atoms with Gasteiger partial charge in [-0.05, 0) is 51.8 Å². The van der Waals surface area contributed by atoms with Gasteiger partial charge in [0, 0.05) is 22.8 Å². The molecule has 3 aromatic carbocycles. The van der Waals surface area contributed by atoms with Gasteiger partial charge in [0.05, 0.1) is 0 Å². The third kappa shape index (κ3) is 4.76. The van der Waals surface area contributed by atoms with E-state index in [4.69, 9.17) is 9.97 Å². The summed E-state index contributed by atoms with van der Waals surface area (Å²) >= 11 is 1.75. The molecule has 7 aromatic rings. The smallest absolute Gasteiger partial charge is 0.280 e. The maximum atomic E-state index is 5.16. The molecule has 0 bridgehead atoms. The summed E-state index contributed by atoms with van der Waals surface area (Å²) in [5.74, 6) is 1.56. The molecule has 39 heavy (non-hydrogen) atoms. The van der Waals surface area contributed by atoms with Crippen LogP contribution < -0.4 is 4.90 Å². The van der Waals surface area contributed by atoms with Gasteiger partial charge in [0.1, 0.15) is 11.6 Å². The van der Waals surface area contributed by atoms with Gasteiger partial charge in [0.2, 0.25) is 0 Å². The number of hydrogen-bond acceptors (Lipinski definition) is 5. The molecule has 0 aliphatic carbocycles. The van der Waals surface area contributed by atoms with Crippen molar-refractivity contribution in [2.75, 3.05) is 4.90 Å². The van der Waals surface area contributed by atoms with E-state index in [9.17, 15) is 0 Å². The minimum Gasteiger partial charge on any atom is -0.280 e. The van der Waals surface area contributed by atoms with E-state index in [1.807, 2.05) is 97.3 Å². The topological polar surface area (TPSA) is 41.9 Å². The van der Waals surface area contributed by atoms with Gasteiger partial charge < -0.3 is 0 Å². The summed E-state index contributed by atoms with van der Waals surface area (Å²) in [4.78, 5) is 16.6. The summed E-state index contributed by atoms with van der Waals surface area (Å²) in [5.41, 5.74) is 4.64. The second kappa shape index (κ2) is 10.9. The monoisotopic (exact) mass is 699 g/mol. The van der Waals surface area contributed by atoms with Gasteiger partial charge in [-0.1, -0.05) is 47.9 Å². The second-order valence-electron chi connectivity index (χ2n) is 8.78. The van der Waals surface area contributed by atoms with Crippen LogP contribution in [0.2, 0.25) is 0 Å². The summed E-state index contributed by atoms with van der Waals surface area (Å²) < 4.78 is 2.36. The number of nitrogens with zero attached hydrogens (tertiary/aromatic N) is 4. The van der Waals surface area contributed by atoms with Crippen molar-refractivity contribution in [2.24, 2.45) is 0 Å². The predicted molar refractivity (Wildman–Crippen MR) is 156 cm³/mol. The van der Waals surface area contributed by atoms with E-state index >= 15 is 0 Å². The first-order valence-corrected chi connectivity index (χ1v) is 13.1. The Morgan fingerprint density at radius 3 is 2.21 bits per heavy atom. The normalized spacial score (nSPS) is 10.9. The number of rotatable bonds is 5. The molecule has 4 aromatic heterocycles. The maximum absolute atomic E-state index is 5.16. The number of hydrogen-bond donors (Lipinski definition) is 0. The van der Waals surface area contributed by atoms with E-state index in [1.165, 1.54) is 10.1 Å². The van der Waals surface area contributed by atoms with E-state index in [-0.39, 0.29) is 21.1 Å². The Morgan fingerprint density at radius 1 is 0.641 bits per heavy atom. The van der Waals surface area contributed by atoms with Gasteiger partial charge in [0.15, 0.2) is 0 Å². The van der Waals surface area contributed by atoms with E-state index in [0.29, 0.717) is 0 Å². The average molecular weight is 700 g/mol. The summed E-state index contributed by atoms with van der Waals surface area (Å²) in [6, 6.07) is 43.2. The SMILES string of the molecule is [Pt+2].[c-]1ccccc1-c1cccc(N(c2ccccc2)c2cccc(-c3[c-]ccc4c3sc3ccncc34)n2)n1. The molecule has 0 fully saturated rings. The van der Waals surface area contributed by atoms with Crippen LogP contribution in [0.15, 0.2) is 122 Å². The first-order valence-electron chi connectivity index (χ1n) is 12.3. The molecule has 188 valence electrons. The van der Waals surface area contributed by atoms with Crippen molar-refractivity contribution in [3.05, 3.63) is 134 Å².